The number of esters is 1. The first-order valence-electron chi connectivity index (χ1n) is 8.69. The first kappa shape index (κ1) is 17.3. The maximum Gasteiger partial charge on any atom is 0.310 e. The van der Waals surface area contributed by atoms with Crippen LogP contribution in [0.15, 0.2) is 0 Å². The van der Waals surface area contributed by atoms with Crippen molar-refractivity contribution in [2.24, 2.45) is 11.8 Å². The van der Waals surface area contributed by atoms with E-state index in [4.69, 9.17) is 4.74 Å². The molecular formula is C17H30N2O3. The van der Waals surface area contributed by atoms with Gasteiger partial charge in [-0.05, 0) is 45.1 Å². The quantitative estimate of drug-likeness (QED) is 0.674. The normalized spacial score (nSPS) is 22.6. The van der Waals surface area contributed by atoms with Gasteiger partial charge in [0.1, 0.15) is 0 Å². The Balaban J connectivity index is 1.85. The number of likely N-dealkylation sites (tertiary alicyclic amines) is 1. The molecule has 1 heterocycles. The van der Waals surface area contributed by atoms with Crippen LogP contribution >= 0.6 is 0 Å². The van der Waals surface area contributed by atoms with Gasteiger partial charge in [0.05, 0.1) is 19.1 Å². The third kappa shape index (κ3) is 4.97. The molecule has 126 valence electrons. The molecule has 1 saturated heterocycles. The second kappa shape index (κ2) is 7.95. The molecule has 2 aliphatic rings. The fourth-order valence-corrected chi connectivity index (χ4v) is 3.17. The van der Waals surface area contributed by atoms with Crippen molar-refractivity contribution < 1.29 is 14.3 Å². The Morgan fingerprint density at radius 3 is 2.59 bits per heavy atom. The van der Waals surface area contributed by atoms with Gasteiger partial charge in [0, 0.05) is 19.1 Å². The predicted molar refractivity (Wildman–Crippen MR) is 85.4 cm³/mol. The molecule has 2 rings (SSSR count). The highest BCUT2D eigenvalue weighted by molar-refractivity contribution is 5.79. The Hall–Kier alpha value is -1.10. The zero-order valence-corrected chi connectivity index (χ0v) is 14.2. The molecule has 0 unspecified atom stereocenters. The summed E-state index contributed by atoms with van der Waals surface area (Å²) in [5.74, 6) is 0.542. The van der Waals surface area contributed by atoms with Crippen molar-refractivity contribution in [1.82, 2.24) is 9.80 Å². The lowest BCUT2D eigenvalue weighted by Gasteiger charge is -2.33. The number of carbonyl (C=O) groups is 2. The molecule has 0 radical (unpaired) electrons. The lowest BCUT2D eigenvalue weighted by Crippen LogP contribution is -2.47. The third-order valence-corrected chi connectivity index (χ3v) is 4.35. The van der Waals surface area contributed by atoms with E-state index in [1.54, 1.807) is 0 Å². The first-order chi connectivity index (χ1) is 10.5. The molecule has 0 N–H and O–H groups in total. The van der Waals surface area contributed by atoms with Gasteiger partial charge in [0.25, 0.3) is 0 Å². The van der Waals surface area contributed by atoms with Gasteiger partial charge >= 0.3 is 5.97 Å². The molecule has 0 spiro atoms. The number of carbonyl (C=O) groups excluding carboxylic acids is 2. The van der Waals surface area contributed by atoms with Crippen molar-refractivity contribution in [3.8, 4) is 0 Å². The number of hydrogen-bond donors (Lipinski definition) is 0. The molecule has 0 aromatic heterocycles. The lowest BCUT2D eigenvalue weighted by atomic mass is 9.98. The van der Waals surface area contributed by atoms with Crippen molar-refractivity contribution in [1.29, 1.82) is 0 Å². The minimum Gasteiger partial charge on any atom is -0.466 e. The zero-order chi connectivity index (χ0) is 16.1. The Bertz CT molecular complexity index is 393. The lowest BCUT2D eigenvalue weighted by molar-refractivity contribution is -0.150. The molecule has 22 heavy (non-hydrogen) atoms. The van der Waals surface area contributed by atoms with Crippen LogP contribution < -0.4 is 0 Å². The largest absolute Gasteiger partial charge is 0.466 e. The molecule has 5 nitrogen and oxygen atoms in total. The maximum atomic E-state index is 12.6. The molecule has 5 heteroatoms. The van der Waals surface area contributed by atoms with Crippen molar-refractivity contribution in [3.05, 3.63) is 0 Å². The Morgan fingerprint density at radius 2 is 2.00 bits per heavy atom. The molecule has 1 aliphatic carbocycles. The van der Waals surface area contributed by atoms with Gasteiger partial charge in [-0.25, -0.2) is 0 Å². The van der Waals surface area contributed by atoms with Crippen LogP contribution in [0.1, 0.15) is 46.5 Å². The number of nitrogens with zero attached hydrogens (tertiary/aromatic N) is 2. The Kier molecular flexibility index (Phi) is 6.24. The first-order valence-corrected chi connectivity index (χ1v) is 8.69. The van der Waals surface area contributed by atoms with Crippen LogP contribution in [-0.4, -0.2) is 60.5 Å². The standard InChI is InChI=1S/C17H30N2O3/c1-4-22-17(21)14-6-5-9-18(11-14)12-16(20)19(10-13(2)3)15-7-8-15/h13-15H,4-12H2,1-3H3/t14-/m0/s1. The molecule has 0 aromatic carbocycles. The molecule has 1 saturated carbocycles. The Morgan fingerprint density at radius 1 is 1.27 bits per heavy atom. The van der Waals surface area contributed by atoms with Gasteiger partial charge in [-0.3, -0.25) is 14.5 Å². The molecule has 0 bridgehead atoms. The van der Waals surface area contributed by atoms with Crippen LogP contribution in [0.3, 0.4) is 0 Å². The van der Waals surface area contributed by atoms with Crippen LogP contribution in [0, 0.1) is 11.8 Å². The van der Waals surface area contributed by atoms with Gasteiger partial charge < -0.3 is 9.64 Å². The molecule has 1 atom stereocenters. The van der Waals surface area contributed by atoms with Crippen LogP contribution in [0.2, 0.25) is 0 Å². The summed E-state index contributed by atoms with van der Waals surface area (Å²) in [5, 5.41) is 0. The number of ether oxygens (including phenoxy) is 1. The molecular weight excluding hydrogens is 280 g/mol. The fraction of sp³-hybridized carbons (Fsp3) is 0.882. The van der Waals surface area contributed by atoms with E-state index in [0.717, 1.165) is 38.8 Å². The van der Waals surface area contributed by atoms with Crippen molar-refractivity contribution >= 4 is 11.9 Å². The van der Waals surface area contributed by atoms with Gasteiger partial charge in [-0.2, -0.15) is 0 Å². The van der Waals surface area contributed by atoms with Gasteiger partial charge in [0.15, 0.2) is 0 Å². The molecule has 1 amide bonds. The van der Waals surface area contributed by atoms with E-state index in [2.05, 4.69) is 23.6 Å². The van der Waals surface area contributed by atoms with E-state index in [0.29, 0.717) is 31.7 Å². The Labute approximate surface area is 134 Å². The summed E-state index contributed by atoms with van der Waals surface area (Å²) in [6, 6.07) is 0.459. The van der Waals surface area contributed by atoms with E-state index in [-0.39, 0.29) is 17.8 Å². The third-order valence-electron chi connectivity index (χ3n) is 4.35. The van der Waals surface area contributed by atoms with Gasteiger partial charge in [0.2, 0.25) is 5.91 Å². The highest BCUT2D eigenvalue weighted by Gasteiger charge is 2.34. The van der Waals surface area contributed by atoms with Crippen molar-refractivity contribution in [2.45, 2.75) is 52.5 Å². The summed E-state index contributed by atoms with van der Waals surface area (Å²) in [7, 11) is 0. The zero-order valence-electron chi connectivity index (χ0n) is 14.2. The minimum atomic E-state index is -0.110. The predicted octanol–water partition coefficient (Wildman–Crippen LogP) is 1.91. The van der Waals surface area contributed by atoms with E-state index in [1.807, 2.05) is 6.92 Å². The van der Waals surface area contributed by atoms with Crippen LogP contribution in [0.25, 0.3) is 0 Å². The van der Waals surface area contributed by atoms with E-state index < -0.39 is 0 Å². The summed E-state index contributed by atoms with van der Waals surface area (Å²) in [5.41, 5.74) is 0. The molecule has 1 aliphatic heterocycles. The molecule has 2 fully saturated rings. The number of amides is 1. The maximum absolute atomic E-state index is 12.6. The number of piperidine rings is 1. The summed E-state index contributed by atoms with van der Waals surface area (Å²) in [6.07, 6.45) is 4.13. The fourth-order valence-electron chi connectivity index (χ4n) is 3.17. The monoisotopic (exact) mass is 310 g/mol. The second-order valence-corrected chi connectivity index (χ2v) is 7.00. The SMILES string of the molecule is CCOC(=O)[C@H]1CCCN(CC(=O)N(CC(C)C)C2CC2)C1. The smallest absolute Gasteiger partial charge is 0.310 e. The van der Waals surface area contributed by atoms with Gasteiger partial charge in [-0.15, -0.1) is 0 Å². The topological polar surface area (TPSA) is 49.9 Å². The highest BCUT2D eigenvalue weighted by Crippen LogP contribution is 2.28. The highest BCUT2D eigenvalue weighted by atomic mass is 16.5. The second-order valence-electron chi connectivity index (χ2n) is 7.00. The average Bonchev–Trinajstić information content (AvgIpc) is 3.29. The van der Waals surface area contributed by atoms with Crippen molar-refractivity contribution in [3.63, 3.8) is 0 Å². The molecule has 0 aromatic rings. The average molecular weight is 310 g/mol. The minimum absolute atomic E-state index is 0.0685. The van der Waals surface area contributed by atoms with E-state index in [1.165, 1.54) is 0 Å². The van der Waals surface area contributed by atoms with E-state index >= 15 is 0 Å². The van der Waals surface area contributed by atoms with Gasteiger partial charge in [-0.1, -0.05) is 13.8 Å². The van der Waals surface area contributed by atoms with Crippen molar-refractivity contribution in [2.75, 3.05) is 32.8 Å². The summed E-state index contributed by atoms with van der Waals surface area (Å²) in [6.45, 7) is 9.42. The van der Waals surface area contributed by atoms with Crippen LogP contribution in [-0.2, 0) is 14.3 Å². The van der Waals surface area contributed by atoms with E-state index in [9.17, 15) is 9.59 Å². The van der Waals surface area contributed by atoms with Crippen LogP contribution in [0.4, 0.5) is 0 Å². The number of rotatable bonds is 7. The summed E-state index contributed by atoms with van der Waals surface area (Å²) < 4.78 is 5.12. The van der Waals surface area contributed by atoms with Crippen LogP contribution in [0.5, 0.6) is 0 Å². The summed E-state index contributed by atoms with van der Waals surface area (Å²) in [4.78, 5) is 28.7. The number of hydrogen-bond acceptors (Lipinski definition) is 4. The summed E-state index contributed by atoms with van der Waals surface area (Å²) >= 11 is 0.